The third-order valence-electron chi connectivity index (χ3n) is 4.20. The summed E-state index contributed by atoms with van der Waals surface area (Å²) in [5.41, 5.74) is 2.21. The number of thiazole rings is 1. The Morgan fingerprint density at radius 3 is 2.92 bits per heavy atom. The number of imidazole rings is 1. The van der Waals surface area contributed by atoms with Crippen molar-refractivity contribution in [3.8, 4) is 0 Å². The third-order valence-corrected chi connectivity index (χ3v) is 4.96. The Morgan fingerprint density at radius 1 is 1.32 bits per heavy atom. The van der Waals surface area contributed by atoms with Gasteiger partial charge in [0.05, 0.1) is 13.2 Å². The van der Waals surface area contributed by atoms with E-state index in [-0.39, 0.29) is 5.82 Å². The van der Waals surface area contributed by atoms with Gasteiger partial charge in [-0.15, -0.1) is 0 Å². The summed E-state index contributed by atoms with van der Waals surface area (Å²) in [6.45, 7) is 3.59. The van der Waals surface area contributed by atoms with Crippen molar-refractivity contribution in [2.75, 3.05) is 36.5 Å². The zero-order valence-electron chi connectivity index (χ0n) is 13.4. The molecule has 1 fully saturated rings. The molecule has 3 aromatic rings. The van der Waals surface area contributed by atoms with E-state index in [1.807, 2.05) is 18.2 Å². The summed E-state index contributed by atoms with van der Waals surface area (Å²) in [6.07, 6.45) is 1.66. The highest BCUT2D eigenvalue weighted by atomic mass is 32.1. The van der Waals surface area contributed by atoms with Gasteiger partial charge in [-0.05, 0) is 16.6 Å². The van der Waals surface area contributed by atoms with Crippen LogP contribution in [0, 0.1) is 10.1 Å². The lowest BCUT2D eigenvalue weighted by Gasteiger charge is -2.30. The van der Waals surface area contributed by atoms with Crippen LogP contribution in [0.4, 0.5) is 17.3 Å². The van der Waals surface area contributed by atoms with Crippen molar-refractivity contribution < 1.29 is 9.66 Å². The summed E-state index contributed by atoms with van der Waals surface area (Å²) in [4.78, 5) is 18.2. The zero-order valence-corrected chi connectivity index (χ0v) is 14.2. The number of morpholine rings is 1. The van der Waals surface area contributed by atoms with E-state index in [1.54, 1.807) is 11.6 Å². The fourth-order valence-corrected chi connectivity index (χ4v) is 3.73. The highest BCUT2D eigenvalue weighted by molar-refractivity contribution is 7.15. The summed E-state index contributed by atoms with van der Waals surface area (Å²) < 4.78 is 6.91. The van der Waals surface area contributed by atoms with Gasteiger partial charge in [0.15, 0.2) is 0 Å². The van der Waals surface area contributed by atoms with Crippen molar-refractivity contribution in [3.63, 3.8) is 0 Å². The molecule has 2 aromatic heterocycles. The summed E-state index contributed by atoms with van der Waals surface area (Å²) in [5, 5.41) is 16.3. The fraction of sp³-hybridized carbons (Fsp3) is 0.312. The van der Waals surface area contributed by atoms with Gasteiger partial charge in [0.25, 0.3) is 4.96 Å². The van der Waals surface area contributed by atoms with E-state index < -0.39 is 4.92 Å². The molecule has 3 heterocycles. The zero-order chi connectivity index (χ0) is 17.2. The number of nitrogens with zero attached hydrogens (tertiary/aromatic N) is 4. The smallest absolute Gasteiger partial charge is 0.372 e. The number of anilines is 2. The third kappa shape index (κ3) is 3.03. The average Bonchev–Trinajstić information content (AvgIpc) is 3.21. The van der Waals surface area contributed by atoms with E-state index >= 15 is 0 Å². The number of hydrogen-bond donors (Lipinski definition) is 1. The maximum atomic E-state index is 11.4. The maximum Gasteiger partial charge on any atom is 0.372 e. The molecule has 1 saturated heterocycles. The Labute approximate surface area is 147 Å². The quantitative estimate of drug-likeness (QED) is 0.557. The van der Waals surface area contributed by atoms with E-state index in [9.17, 15) is 10.1 Å². The van der Waals surface area contributed by atoms with E-state index in [0.29, 0.717) is 30.5 Å². The standard InChI is InChI=1S/C16H17N5O3S/c22-21(23)15-14(18-16-20(15)7-10-25-16)17-11-12-3-1-2-4-13(12)19-5-8-24-9-6-19/h1-4,7,10,17H,5-6,8-9,11H2. The Bertz CT molecular complexity index is 900. The highest BCUT2D eigenvalue weighted by Gasteiger charge is 2.23. The predicted octanol–water partition coefficient (Wildman–Crippen LogP) is 2.75. The number of hydrogen-bond acceptors (Lipinski definition) is 7. The maximum absolute atomic E-state index is 11.4. The van der Waals surface area contributed by atoms with Crippen molar-refractivity contribution in [1.82, 2.24) is 9.38 Å². The first-order valence-electron chi connectivity index (χ1n) is 7.98. The van der Waals surface area contributed by atoms with Crippen LogP contribution in [0.3, 0.4) is 0 Å². The Morgan fingerprint density at radius 2 is 2.12 bits per heavy atom. The van der Waals surface area contributed by atoms with E-state index in [2.05, 4.69) is 21.3 Å². The minimum Gasteiger partial charge on any atom is -0.378 e. The number of nitro groups is 1. The van der Waals surface area contributed by atoms with Crippen molar-refractivity contribution in [2.45, 2.75) is 6.54 Å². The first-order chi connectivity index (χ1) is 12.2. The lowest BCUT2D eigenvalue weighted by Crippen LogP contribution is -2.36. The molecule has 0 bridgehead atoms. The topological polar surface area (TPSA) is 84.9 Å². The molecular formula is C16H17N5O3S. The fourth-order valence-electron chi connectivity index (χ4n) is 3.02. The molecule has 4 rings (SSSR count). The lowest BCUT2D eigenvalue weighted by molar-refractivity contribution is -0.389. The molecule has 0 saturated carbocycles. The molecule has 0 amide bonds. The van der Waals surface area contributed by atoms with Crippen molar-refractivity contribution in [2.24, 2.45) is 0 Å². The second-order valence-electron chi connectivity index (χ2n) is 5.68. The first-order valence-corrected chi connectivity index (χ1v) is 8.86. The number of fused-ring (bicyclic) bond motifs is 1. The van der Waals surface area contributed by atoms with Crippen molar-refractivity contribution >= 4 is 33.6 Å². The molecule has 0 spiro atoms. The molecule has 1 N–H and O–H groups in total. The van der Waals surface area contributed by atoms with Gasteiger partial charge in [-0.3, -0.25) is 0 Å². The number of para-hydroxylation sites is 1. The van der Waals surface area contributed by atoms with Gasteiger partial charge in [0.2, 0.25) is 5.82 Å². The number of rotatable bonds is 5. The van der Waals surface area contributed by atoms with Gasteiger partial charge < -0.3 is 25.1 Å². The van der Waals surface area contributed by atoms with E-state index in [4.69, 9.17) is 4.74 Å². The van der Waals surface area contributed by atoms with E-state index in [0.717, 1.165) is 24.3 Å². The molecule has 9 heteroatoms. The van der Waals surface area contributed by atoms with Gasteiger partial charge in [-0.2, -0.15) is 9.38 Å². The molecule has 8 nitrogen and oxygen atoms in total. The van der Waals surface area contributed by atoms with Crippen molar-refractivity contribution in [3.05, 3.63) is 51.5 Å². The summed E-state index contributed by atoms with van der Waals surface area (Å²) >= 11 is 1.37. The first kappa shape index (κ1) is 15.9. The molecule has 25 heavy (non-hydrogen) atoms. The minimum atomic E-state index is -0.400. The highest BCUT2D eigenvalue weighted by Crippen LogP contribution is 2.29. The predicted molar refractivity (Wildman–Crippen MR) is 96.5 cm³/mol. The molecule has 0 radical (unpaired) electrons. The SMILES string of the molecule is O=[N+]([O-])c1c(NCc2ccccc2N2CCOCC2)nc2sccn12. The monoisotopic (exact) mass is 359 g/mol. The van der Waals surface area contributed by atoms with Gasteiger partial charge in [-0.25, -0.2) is 0 Å². The normalized spacial score (nSPS) is 14.8. The van der Waals surface area contributed by atoms with Crippen LogP contribution in [0.5, 0.6) is 0 Å². The summed E-state index contributed by atoms with van der Waals surface area (Å²) in [7, 11) is 0. The van der Waals surface area contributed by atoms with Crippen LogP contribution in [-0.2, 0) is 11.3 Å². The molecule has 1 aromatic carbocycles. The van der Waals surface area contributed by atoms with E-state index in [1.165, 1.54) is 15.7 Å². The Kier molecular flexibility index (Phi) is 4.24. The largest absolute Gasteiger partial charge is 0.378 e. The van der Waals surface area contributed by atoms with Crippen LogP contribution in [-0.4, -0.2) is 40.6 Å². The minimum absolute atomic E-state index is 0.0277. The van der Waals surface area contributed by atoms with Crippen LogP contribution in [0.15, 0.2) is 35.8 Å². The lowest BCUT2D eigenvalue weighted by atomic mass is 10.1. The van der Waals surface area contributed by atoms with Crippen LogP contribution in [0.25, 0.3) is 4.96 Å². The second-order valence-corrected chi connectivity index (χ2v) is 6.55. The van der Waals surface area contributed by atoms with Gasteiger partial charge >= 0.3 is 5.82 Å². The number of nitrogens with one attached hydrogen (secondary N) is 1. The Hall–Kier alpha value is -2.65. The molecule has 0 unspecified atom stereocenters. The van der Waals surface area contributed by atoms with Gasteiger partial charge in [0.1, 0.15) is 6.20 Å². The molecule has 1 aliphatic heterocycles. The molecule has 130 valence electrons. The van der Waals surface area contributed by atoms with Crippen LogP contribution >= 0.6 is 11.3 Å². The number of benzene rings is 1. The Balaban J connectivity index is 1.59. The van der Waals surface area contributed by atoms with Crippen molar-refractivity contribution in [1.29, 1.82) is 0 Å². The molecule has 0 aliphatic carbocycles. The summed E-state index contributed by atoms with van der Waals surface area (Å²) in [5.74, 6) is 0.272. The van der Waals surface area contributed by atoms with Gasteiger partial charge in [0, 0.05) is 30.7 Å². The van der Waals surface area contributed by atoms with Gasteiger partial charge in [-0.1, -0.05) is 29.5 Å². The second kappa shape index (κ2) is 6.69. The number of aromatic nitrogens is 2. The number of ether oxygens (including phenoxy) is 1. The molecule has 0 atom stereocenters. The average molecular weight is 359 g/mol. The summed E-state index contributed by atoms with van der Waals surface area (Å²) in [6, 6.07) is 8.08. The molecular weight excluding hydrogens is 342 g/mol. The van der Waals surface area contributed by atoms with Crippen LogP contribution in [0.2, 0.25) is 0 Å². The van der Waals surface area contributed by atoms with Crippen LogP contribution < -0.4 is 10.2 Å². The van der Waals surface area contributed by atoms with Crippen LogP contribution in [0.1, 0.15) is 5.56 Å². The molecule has 1 aliphatic rings.